The van der Waals surface area contributed by atoms with Crippen LogP contribution >= 0.6 is 0 Å². The molecule has 1 saturated heterocycles. The van der Waals surface area contributed by atoms with Crippen LogP contribution in [-0.2, 0) is 4.74 Å². The fourth-order valence-corrected chi connectivity index (χ4v) is 3.09. The summed E-state index contributed by atoms with van der Waals surface area (Å²) in [5, 5.41) is 0. The number of amides is 1. The van der Waals surface area contributed by atoms with Crippen LogP contribution in [0, 0.1) is 5.92 Å². The highest BCUT2D eigenvalue weighted by molar-refractivity contribution is 5.91. The Morgan fingerprint density at radius 2 is 1.86 bits per heavy atom. The first-order valence-corrected chi connectivity index (χ1v) is 7.84. The molecule has 0 radical (unpaired) electrons. The smallest absolute Gasteiger partial charge is 0.289 e. The van der Waals surface area contributed by atoms with E-state index in [1.165, 1.54) is 12.8 Å². The van der Waals surface area contributed by atoms with Crippen molar-refractivity contribution >= 4 is 5.91 Å². The molecule has 2 aromatic rings. The quantitative estimate of drug-likeness (QED) is 0.873. The van der Waals surface area contributed by atoms with Crippen LogP contribution in [0.4, 0.5) is 0 Å². The number of hydrogen-bond donors (Lipinski definition) is 0. The van der Waals surface area contributed by atoms with Gasteiger partial charge in [-0.05, 0) is 36.5 Å². The van der Waals surface area contributed by atoms with E-state index in [-0.39, 0.29) is 18.1 Å². The fourth-order valence-electron chi connectivity index (χ4n) is 3.09. The minimum absolute atomic E-state index is 0.0418. The standard InChI is InChI=1S/C18H19NO3/c20-18(15-7-4-10-21-15)19-11-16(13-5-2-1-3-6-13)22-17(12-19)14-8-9-14/h1-7,10,14,16-17H,8-9,11-12H2/t16-,17+/m0/s1. The lowest BCUT2D eigenvalue weighted by Crippen LogP contribution is -2.47. The second-order valence-corrected chi connectivity index (χ2v) is 6.10. The van der Waals surface area contributed by atoms with Crippen LogP contribution in [-0.4, -0.2) is 30.0 Å². The molecule has 0 N–H and O–H groups in total. The molecule has 0 spiro atoms. The summed E-state index contributed by atoms with van der Waals surface area (Å²) < 4.78 is 11.5. The SMILES string of the molecule is O=C(c1ccco1)N1C[C@@H](c2ccccc2)O[C@@H](C2CC2)C1. The van der Waals surface area contributed by atoms with Crippen LogP contribution < -0.4 is 0 Å². The van der Waals surface area contributed by atoms with E-state index in [9.17, 15) is 4.79 Å². The number of carbonyl (C=O) groups is 1. The topological polar surface area (TPSA) is 42.7 Å². The Balaban J connectivity index is 1.57. The van der Waals surface area contributed by atoms with Crippen molar-refractivity contribution in [1.82, 2.24) is 4.90 Å². The molecule has 2 atom stereocenters. The van der Waals surface area contributed by atoms with Gasteiger partial charge in [0.05, 0.1) is 18.9 Å². The zero-order valence-corrected chi connectivity index (χ0v) is 12.4. The summed E-state index contributed by atoms with van der Waals surface area (Å²) >= 11 is 0. The highest BCUT2D eigenvalue weighted by Gasteiger charge is 2.40. The first kappa shape index (κ1) is 13.6. The third kappa shape index (κ3) is 2.66. The van der Waals surface area contributed by atoms with Gasteiger partial charge in [0, 0.05) is 6.54 Å². The first-order valence-electron chi connectivity index (χ1n) is 7.84. The molecule has 1 saturated carbocycles. The monoisotopic (exact) mass is 297 g/mol. The molecule has 2 fully saturated rings. The van der Waals surface area contributed by atoms with Crippen molar-refractivity contribution in [1.29, 1.82) is 0 Å². The van der Waals surface area contributed by atoms with Gasteiger partial charge < -0.3 is 14.1 Å². The van der Waals surface area contributed by atoms with E-state index in [1.54, 1.807) is 18.4 Å². The second-order valence-electron chi connectivity index (χ2n) is 6.10. The summed E-state index contributed by atoms with van der Waals surface area (Å²) in [7, 11) is 0. The maximum Gasteiger partial charge on any atom is 0.289 e. The van der Waals surface area contributed by atoms with E-state index in [0.29, 0.717) is 24.8 Å². The van der Waals surface area contributed by atoms with E-state index in [2.05, 4.69) is 12.1 Å². The number of hydrogen-bond acceptors (Lipinski definition) is 3. The number of furan rings is 1. The minimum Gasteiger partial charge on any atom is -0.459 e. The lowest BCUT2D eigenvalue weighted by Gasteiger charge is -2.38. The van der Waals surface area contributed by atoms with Crippen molar-refractivity contribution in [2.45, 2.75) is 25.0 Å². The third-order valence-electron chi connectivity index (χ3n) is 4.46. The average Bonchev–Trinajstić information content (AvgIpc) is 3.29. The predicted octanol–water partition coefficient (Wildman–Crippen LogP) is 3.27. The van der Waals surface area contributed by atoms with Crippen LogP contribution in [0.5, 0.6) is 0 Å². The van der Waals surface area contributed by atoms with Gasteiger partial charge in [-0.3, -0.25) is 4.79 Å². The van der Waals surface area contributed by atoms with Crippen molar-refractivity contribution in [3.05, 3.63) is 60.1 Å². The zero-order chi connectivity index (χ0) is 14.9. The molecule has 1 amide bonds. The number of nitrogens with zero attached hydrogens (tertiary/aromatic N) is 1. The van der Waals surface area contributed by atoms with Gasteiger partial charge in [-0.1, -0.05) is 30.3 Å². The van der Waals surface area contributed by atoms with Crippen LogP contribution in [0.15, 0.2) is 53.1 Å². The Bertz CT molecular complexity index is 634. The number of benzene rings is 1. The van der Waals surface area contributed by atoms with Crippen LogP contribution in [0.1, 0.15) is 35.1 Å². The molecular formula is C18H19NO3. The van der Waals surface area contributed by atoms with Crippen molar-refractivity contribution in [3.63, 3.8) is 0 Å². The average molecular weight is 297 g/mol. The summed E-state index contributed by atoms with van der Waals surface area (Å²) in [6.07, 6.45) is 4.03. The minimum atomic E-state index is -0.0561. The van der Waals surface area contributed by atoms with Gasteiger partial charge in [-0.15, -0.1) is 0 Å². The molecule has 114 valence electrons. The Morgan fingerprint density at radius 1 is 1.05 bits per heavy atom. The Morgan fingerprint density at radius 3 is 2.55 bits per heavy atom. The number of morpholine rings is 1. The maximum atomic E-state index is 12.6. The summed E-state index contributed by atoms with van der Waals surface area (Å²) in [4.78, 5) is 14.5. The van der Waals surface area contributed by atoms with Gasteiger partial charge in [0.2, 0.25) is 0 Å². The molecule has 22 heavy (non-hydrogen) atoms. The van der Waals surface area contributed by atoms with Crippen molar-refractivity contribution < 1.29 is 13.9 Å². The highest BCUT2D eigenvalue weighted by Crippen LogP contribution is 2.39. The fraction of sp³-hybridized carbons (Fsp3) is 0.389. The maximum absolute atomic E-state index is 12.6. The summed E-state index contributed by atoms with van der Waals surface area (Å²) in [5.74, 6) is 0.960. The lowest BCUT2D eigenvalue weighted by molar-refractivity contribution is -0.0868. The highest BCUT2D eigenvalue weighted by atomic mass is 16.5. The molecule has 1 aromatic carbocycles. The van der Waals surface area contributed by atoms with Crippen molar-refractivity contribution in [2.24, 2.45) is 5.92 Å². The Labute approximate surface area is 129 Å². The van der Waals surface area contributed by atoms with E-state index in [1.807, 2.05) is 23.1 Å². The van der Waals surface area contributed by atoms with E-state index in [0.717, 1.165) is 5.56 Å². The first-order chi connectivity index (χ1) is 10.8. The number of ether oxygens (including phenoxy) is 1. The van der Waals surface area contributed by atoms with E-state index in [4.69, 9.17) is 9.15 Å². The van der Waals surface area contributed by atoms with Crippen LogP contribution in [0.25, 0.3) is 0 Å². The molecular weight excluding hydrogens is 278 g/mol. The van der Waals surface area contributed by atoms with Gasteiger partial charge in [-0.25, -0.2) is 0 Å². The van der Waals surface area contributed by atoms with Gasteiger partial charge >= 0.3 is 0 Å². The van der Waals surface area contributed by atoms with Crippen LogP contribution in [0.3, 0.4) is 0 Å². The van der Waals surface area contributed by atoms with Gasteiger partial charge in [-0.2, -0.15) is 0 Å². The van der Waals surface area contributed by atoms with Gasteiger partial charge in [0.1, 0.15) is 6.10 Å². The molecule has 2 aliphatic rings. The lowest BCUT2D eigenvalue weighted by atomic mass is 10.0. The molecule has 1 aliphatic heterocycles. The normalized spacial score (nSPS) is 25.2. The Hall–Kier alpha value is -2.07. The van der Waals surface area contributed by atoms with Crippen molar-refractivity contribution in [2.75, 3.05) is 13.1 Å². The molecule has 1 aliphatic carbocycles. The molecule has 4 heteroatoms. The van der Waals surface area contributed by atoms with E-state index < -0.39 is 0 Å². The third-order valence-corrected chi connectivity index (χ3v) is 4.46. The van der Waals surface area contributed by atoms with Gasteiger partial charge in [0.25, 0.3) is 5.91 Å². The van der Waals surface area contributed by atoms with Gasteiger partial charge in [0.15, 0.2) is 5.76 Å². The molecule has 2 heterocycles. The molecule has 4 nitrogen and oxygen atoms in total. The second kappa shape index (κ2) is 5.61. The molecule has 1 aromatic heterocycles. The number of carbonyl (C=O) groups excluding carboxylic acids is 1. The summed E-state index contributed by atoms with van der Waals surface area (Å²) in [5.41, 5.74) is 1.13. The largest absolute Gasteiger partial charge is 0.459 e. The number of rotatable bonds is 3. The van der Waals surface area contributed by atoms with Crippen LogP contribution in [0.2, 0.25) is 0 Å². The summed E-state index contributed by atoms with van der Waals surface area (Å²) in [6.45, 7) is 1.24. The van der Waals surface area contributed by atoms with E-state index >= 15 is 0 Å². The molecule has 4 rings (SSSR count). The molecule has 0 bridgehead atoms. The van der Waals surface area contributed by atoms with Crippen molar-refractivity contribution in [3.8, 4) is 0 Å². The molecule has 0 unspecified atom stereocenters. The summed E-state index contributed by atoms with van der Waals surface area (Å²) in [6, 6.07) is 13.6. The Kier molecular flexibility index (Phi) is 3.47. The zero-order valence-electron chi connectivity index (χ0n) is 12.4. The predicted molar refractivity (Wildman–Crippen MR) is 81.4 cm³/mol.